The zero-order valence-electron chi connectivity index (χ0n) is 15.2. The van der Waals surface area contributed by atoms with Crippen LogP contribution in [0.2, 0.25) is 0 Å². The lowest BCUT2D eigenvalue weighted by atomic mass is 10.1. The van der Waals surface area contributed by atoms with Gasteiger partial charge in [-0.25, -0.2) is 0 Å². The van der Waals surface area contributed by atoms with E-state index in [4.69, 9.17) is 5.73 Å². The van der Waals surface area contributed by atoms with Crippen LogP contribution >= 0.6 is 24.0 Å². The molecule has 0 saturated heterocycles. The van der Waals surface area contributed by atoms with Gasteiger partial charge in [0.25, 0.3) is 0 Å². The number of nitrogens with one attached hydrogen (secondary N) is 1. The quantitative estimate of drug-likeness (QED) is 0.322. The molecular weight excluding hydrogens is 413 g/mol. The second-order valence-electron chi connectivity index (χ2n) is 6.07. The van der Waals surface area contributed by atoms with Crippen molar-refractivity contribution in [2.45, 2.75) is 40.5 Å². The second-order valence-corrected chi connectivity index (χ2v) is 6.07. The summed E-state index contributed by atoms with van der Waals surface area (Å²) in [5.41, 5.74) is 13.1. The van der Waals surface area contributed by atoms with Crippen LogP contribution in [-0.2, 0) is 13.5 Å². The maximum Gasteiger partial charge on any atom is 0.193 e. The van der Waals surface area contributed by atoms with Crippen molar-refractivity contribution in [3.63, 3.8) is 0 Å². The van der Waals surface area contributed by atoms with Gasteiger partial charge in [0.05, 0.1) is 5.69 Å². The van der Waals surface area contributed by atoms with E-state index in [2.05, 4.69) is 55.2 Å². The maximum atomic E-state index is 5.96. The molecule has 5 nitrogen and oxygen atoms in total. The Morgan fingerprint density at radius 2 is 1.92 bits per heavy atom. The monoisotopic (exact) mass is 441 g/mol. The molecule has 0 aliphatic heterocycles. The number of hydrogen-bond donors (Lipinski definition) is 2. The van der Waals surface area contributed by atoms with Gasteiger partial charge in [0.2, 0.25) is 0 Å². The van der Waals surface area contributed by atoms with E-state index < -0.39 is 0 Å². The van der Waals surface area contributed by atoms with Crippen molar-refractivity contribution in [2.24, 2.45) is 17.8 Å². The summed E-state index contributed by atoms with van der Waals surface area (Å²) in [5, 5.41) is 7.59. The van der Waals surface area contributed by atoms with Crippen LogP contribution in [0.4, 0.5) is 5.69 Å². The van der Waals surface area contributed by atoms with Crippen molar-refractivity contribution < 1.29 is 0 Å². The summed E-state index contributed by atoms with van der Waals surface area (Å²) in [5.74, 6) is 0.466. The number of guanidine groups is 1. The molecule has 3 N–H and O–H groups in total. The molecule has 0 aliphatic rings. The highest BCUT2D eigenvalue weighted by atomic mass is 127. The van der Waals surface area contributed by atoms with Crippen molar-refractivity contribution >= 4 is 35.6 Å². The molecule has 0 radical (unpaired) electrons. The van der Waals surface area contributed by atoms with E-state index in [-0.39, 0.29) is 24.0 Å². The summed E-state index contributed by atoms with van der Waals surface area (Å²) in [4.78, 5) is 4.41. The molecule has 2 aromatic rings. The molecule has 24 heavy (non-hydrogen) atoms. The third-order valence-electron chi connectivity index (χ3n) is 4.31. The Bertz CT molecular complexity index is 718. The van der Waals surface area contributed by atoms with E-state index in [1.807, 2.05) is 17.8 Å². The van der Waals surface area contributed by atoms with Gasteiger partial charge in [-0.2, -0.15) is 5.10 Å². The van der Waals surface area contributed by atoms with E-state index in [9.17, 15) is 0 Å². The number of halogens is 1. The Hall–Kier alpha value is -1.57. The van der Waals surface area contributed by atoms with Crippen molar-refractivity contribution in [1.29, 1.82) is 0 Å². The Balaban J connectivity index is 0.00000288. The molecule has 0 amide bonds. The van der Waals surface area contributed by atoms with Gasteiger partial charge in [0.1, 0.15) is 0 Å². The van der Waals surface area contributed by atoms with Crippen LogP contribution in [0.1, 0.15) is 34.5 Å². The van der Waals surface area contributed by atoms with Crippen LogP contribution in [0.3, 0.4) is 0 Å². The Kier molecular flexibility index (Phi) is 7.72. The number of nitrogens with two attached hydrogens (primary N) is 1. The van der Waals surface area contributed by atoms with E-state index in [1.54, 1.807) is 0 Å². The number of aryl methyl sites for hydroxylation is 4. The molecule has 1 aromatic heterocycles. The highest BCUT2D eigenvalue weighted by Gasteiger charge is 2.08. The fraction of sp³-hybridized carbons (Fsp3) is 0.444. The number of aliphatic imine (C=N–C) groups is 1. The van der Waals surface area contributed by atoms with Gasteiger partial charge >= 0.3 is 0 Å². The predicted molar refractivity (Wildman–Crippen MR) is 112 cm³/mol. The van der Waals surface area contributed by atoms with E-state index in [0.29, 0.717) is 12.5 Å². The number of aromatic nitrogens is 2. The average molecular weight is 441 g/mol. The standard InChI is InChI=1S/C18H27N5.HI/c1-12-8-9-16(11-13(12)2)21-18(19)20-10-6-7-17-14(3)22-23(5)15(17)4;/h8-9,11H,6-7,10H2,1-5H3,(H3,19,20,21);1H. The molecule has 0 saturated carbocycles. The molecule has 2 rings (SSSR count). The molecule has 1 aromatic carbocycles. The third kappa shape index (κ3) is 5.22. The molecule has 132 valence electrons. The van der Waals surface area contributed by atoms with Gasteiger partial charge in [-0.15, -0.1) is 24.0 Å². The highest BCUT2D eigenvalue weighted by Crippen LogP contribution is 2.15. The molecule has 0 spiro atoms. The topological polar surface area (TPSA) is 68.2 Å². The van der Waals surface area contributed by atoms with Crippen LogP contribution < -0.4 is 11.1 Å². The van der Waals surface area contributed by atoms with Crippen LogP contribution in [0.25, 0.3) is 0 Å². The zero-order valence-corrected chi connectivity index (χ0v) is 17.5. The fourth-order valence-electron chi connectivity index (χ4n) is 2.64. The molecule has 0 atom stereocenters. The Morgan fingerprint density at radius 3 is 2.50 bits per heavy atom. The number of hydrogen-bond acceptors (Lipinski definition) is 2. The molecule has 6 heteroatoms. The molecule has 0 bridgehead atoms. The van der Waals surface area contributed by atoms with Gasteiger partial charge in [-0.05, 0) is 69.4 Å². The van der Waals surface area contributed by atoms with Crippen LogP contribution in [0, 0.1) is 27.7 Å². The molecule has 1 heterocycles. The molecule has 0 aliphatic carbocycles. The van der Waals surface area contributed by atoms with Gasteiger partial charge in [-0.3, -0.25) is 9.67 Å². The summed E-state index contributed by atoms with van der Waals surface area (Å²) in [6, 6.07) is 6.19. The number of anilines is 1. The second kappa shape index (κ2) is 9.05. The van der Waals surface area contributed by atoms with Crippen LogP contribution in [0.5, 0.6) is 0 Å². The molecule has 0 unspecified atom stereocenters. The Morgan fingerprint density at radius 1 is 1.21 bits per heavy atom. The first kappa shape index (κ1) is 20.5. The SMILES string of the molecule is Cc1ccc(NC(N)=NCCCc2c(C)nn(C)c2C)cc1C.I. The lowest BCUT2D eigenvalue weighted by molar-refractivity contribution is 0.728. The van der Waals surface area contributed by atoms with Crippen molar-refractivity contribution in [1.82, 2.24) is 9.78 Å². The van der Waals surface area contributed by atoms with Crippen molar-refractivity contribution in [2.75, 3.05) is 11.9 Å². The summed E-state index contributed by atoms with van der Waals surface area (Å²) >= 11 is 0. The van der Waals surface area contributed by atoms with Crippen LogP contribution in [0.15, 0.2) is 23.2 Å². The van der Waals surface area contributed by atoms with Crippen molar-refractivity contribution in [3.8, 4) is 0 Å². The van der Waals surface area contributed by atoms with E-state index in [1.165, 1.54) is 22.4 Å². The van der Waals surface area contributed by atoms with Crippen LogP contribution in [-0.4, -0.2) is 22.3 Å². The predicted octanol–water partition coefficient (Wildman–Crippen LogP) is 3.63. The average Bonchev–Trinajstić information content (AvgIpc) is 2.73. The summed E-state index contributed by atoms with van der Waals surface area (Å²) in [7, 11) is 1.98. The first-order chi connectivity index (χ1) is 10.9. The highest BCUT2D eigenvalue weighted by molar-refractivity contribution is 14.0. The summed E-state index contributed by atoms with van der Waals surface area (Å²) in [6.45, 7) is 9.05. The van der Waals surface area contributed by atoms with Gasteiger partial charge in [0, 0.05) is 25.0 Å². The number of benzene rings is 1. The summed E-state index contributed by atoms with van der Waals surface area (Å²) in [6.07, 6.45) is 1.94. The fourth-order valence-corrected chi connectivity index (χ4v) is 2.64. The first-order valence-electron chi connectivity index (χ1n) is 8.01. The minimum Gasteiger partial charge on any atom is -0.370 e. The van der Waals surface area contributed by atoms with Gasteiger partial charge in [-0.1, -0.05) is 6.07 Å². The molecule has 0 fully saturated rings. The maximum absolute atomic E-state index is 5.96. The number of nitrogens with zero attached hydrogens (tertiary/aromatic N) is 3. The van der Waals surface area contributed by atoms with Gasteiger partial charge < -0.3 is 11.1 Å². The lowest BCUT2D eigenvalue weighted by Gasteiger charge is -2.08. The smallest absolute Gasteiger partial charge is 0.193 e. The minimum absolute atomic E-state index is 0. The summed E-state index contributed by atoms with van der Waals surface area (Å²) < 4.78 is 1.93. The lowest BCUT2D eigenvalue weighted by Crippen LogP contribution is -2.23. The largest absolute Gasteiger partial charge is 0.370 e. The van der Waals surface area contributed by atoms with Crippen molar-refractivity contribution in [3.05, 3.63) is 46.3 Å². The Labute approximate surface area is 161 Å². The molecular formula is C18H28IN5. The first-order valence-corrected chi connectivity index (χ1v) is 8.01. The van der Waals surface area contributed by atoms with E-state index >= 15 is 0 Å². The minimum atomic E-state index is 0. The van der Waals surface area contributed by atoms with E-state index in [0.717, 1.165) is 24.2 Å². The third-order valence-corrected chi connectivity index (χ3v) is 4.31. The zero-order chi connectivity index (χ0) is 17.0. The van der Waals surface area contributed by atoms with Gasteiger partial charge in [0.15, 0.2) is 5.96 Å². The number of rotatable bonds is 5. The normalized spacial score (nSPS) is 11.3.